The zero-order valence-corrected chi connectivity index (χ0v) is 23.2. The van der Waals surface area contributed by atoms with Gasteiger partial charge in [-0.2, -0.15) is 0 Å². The molecular weight excluding hydrogens is 476 g/mol. The van der Waals surface area contributed by atoms with Crippen LogP contribution in [0.5, 0.6) is 0 Å². The van der Waals surface area contributed by atoms with Gasteiger partial charge in [-0.15, -0.1) is 0 Å². The highest BCUT2D eigenvalue weighted by Crippen LogP contribution is 2.46. The molecule has 0 aliphatic heterocycles. The van der Waals surface area contributed by atoms with Gasteiger partial charge < -0.3 is 20.9 Å². The molecule has 38 heavy (non-hydrogen) atoms. The van der Waals surface area contributed by atoms with Crippen LogP contribution in [-0.2, 0) is 25.7 Å². The number of rotatable bonds is 9. The molecule has 0 atom stereocenters. The summed E-state index contributed by atoms with van der Waals surface area (Å²) in [5, 5.41) is 0. The zero-order valence-electron chi connectivity index (χ0n) is 23.2. The van der Waals surface area contributed by atoms with Crippen LogP contribution < -0.4 is 11.5 Å². The van der Waals surface area contributed by atoms with E-state index in [0.29, 0.717) is 16.9 Å². The molecule has 0 bridgehead atoms. The third kappa shape index (κ3) is 8.25. The van der Waals surface area contributed by atoms with Crippen LogP contribution in [0.15, 0.2) is 30.4 Å². The van der Waals surface area contributed by atoms with E-state index in [-0.39, 0.29) is 12.7 Å². The van der Waals surface area contributed by atoms with Crippen LogP contribution in [0.25, 0.3) is 0 Å². The number of carbonyl (C=O) groups excluding carboxylic acids is 2. The maximum Gasteiger partial charge on any atom is 0.331 e. The molecule has 3 aliphatic rings. The molecular formula is C32H48N2O4. The van der Waals surface area contributed by atoms with Crippen LogP contribution in [0.1, 0.15) is 102 Å². The first-order valence-electron chi connectivity index (χ1n) is 15.1. The van der Waals surface area contributed by atoms with Gasteiger partial charge >= 0.3 is 11.9 Å². The van der Waals surface area contributed by atoms with E-state index in [0.717, 1.165) is 67.4 Å². The minimum atomic E-state index is -0.605. The molecule has 1 aromatic carbocycles. The average Bonchev–Trinajstić information content (AvgIpc) is 2.93. The molecule has 3 aliphatic carbocycles. The smallest absolute Gasteiger partial charge is 0.331 e. The Morgan fingerprint density at radius 2 is 1.32 bits per heavy atom. The van der Waals surface area contributed by atoms with Crippen molar-refractivity contribution in [2.45, 2.75) is 110 Å². The first-order valence-corrected chi connectivity index (χ1v) is 15.1. The Bertz CT molecular complexity index is 937. The molecule has 0 spiro atoms. The second-order valence-corrected chi connectivity index (χ2v) is 12.1. The number of ether oxygens (including phenoxy) is 2. The second kappa shape index (κ2) is 14.0. The Hall–Kier alpha value is -2.50. The van der Waals surface area contributed by atoms with Gasteiger partial charge in [-0.1, -0.05) is 38.7 Å². The van der Waals surface area contributed by atoms with Gasteiger partial charge in [0.15, 0.2) is 0 Å². The van der Waals surface area contributed by atoms with E-state index in [1.54, 1.807) is 18.2 Å². The predicted octanol–water partition coefficient (Wildman–Crippen LogP) is 6.97. The minimum Gasteiger partial charge on any atom is -0.459 e. The molecule has 6 nitrogen and oxygen atoms in total. The third-order valence-electron chi connectivity index (χ3n) is 9.64. The molecule has 6 heteroatoms. The minimum absolute atomic E-state index is 0.0241. The lowest BCUT2D eigenvalue weighted by Gasteiger charge is -2.41. The number of anilines is 2. The fraction of sp³-hybridized carbons (Fsp3) is 0.688. The summed E-state index contributed by atoms with van der Waals surface area (Å²) in [7, 11) is 0. The molecule has 0 aromatic heterocycles. The van der Waals surface area contributed by atoms with Crippen molar-refractivity contribution in [3.63, 3.8) is 0 Å². The average molecular weight is 525 g/mol. The normalized spacial score (nSPS) is 30.1. The number of nitrogen functional groups attached to an aromatic ring is 2. The van der Waals surface area contributed by atoms with Crippen molar-refractivity contribution in [2.75, 3.05) is 11.5 Å². The van der Waals surface area contributed by atoms with Gasteiger partial charge in [0.05, 0.1) is 0 Å². The monoisotopic (exact) mass is 524 g/mol. The van der Waals surface area contributed by atoms with Crippen LogP contribution in [0.3, 0.4) is 0 Å². The molecule has 0 saturated heterocycles. The van der Waals surface area contributed by atoms with Crippen LogP contribution in [-0.4, -0.2) is 18.0 Å². The number of hydrogen-bond donors (Lipinski definition) is 2. The molecule has 0 radical (unpaired) electrons. The van der Waals surface area contributed by atoms with Gasteiger partial charge in [-0.05, 0) is 106 Å². The fourth-order valence-electron chi connectivity index (χ4n) is 7.40. The highest BCUT2D eigenvalue weighted by Gasteiger charge is 2.35. The van der Waals surface area contributed by atoms with E-state index >= 15 is 0 Å². The molecule has 210 valence electrons. The van der Waals surface area contributed by atoms with E-state index in [9.17, 15) is 9.59 Å². The van der Waals surface area contributed by atoms with Gasteiger partial charge in [0.2, 0.25) is 0 Å². The molecule has 0 heterocycles. The summed E-state index contributed by atoms with van der Waals surface area (Å²) >= 11 is 0. The Balaban J connectivity index is 1.10. The SMILES string of the molecule is CCCC1CCC(C2CCC(C3CCC(OC(=O)C=CC(=O)OCc4ccc(N)cc4N)CC3)CC2)CC1. The lowest BCUT2D eigenvalue weighted by Crippen LogP contribution is -2.31. The predicted molar refractivity (Wildman–Crippen MR) is 152 cm³/mol. The maximum atomic E-state index is 12.3. The number of hydrogen-bond acceptors (Lipinski definition) is 6. The molecule has 3 saturated carbocycles. The summed E-state index contributed by atoms with van der Waals surface area (Å²) in [6.07, 6.45) is 20.7. The van der Waals surface area contributed by atoms with Gasteiger partial charge in [0, 0.05) is 29.1 Å². The van der Waals surface area contributed by atoms with E-state index in [1.165, 1.54) is 64.2 Å². The van der Waals surface area contributed by atoms with E-state index < -0.39 is 11.9 Å². The Kier molecular flexibility index (Phi) is 10.5. The third-order valence-corrected chi connectivity index (χ3v) is 9.64. The molecule has 4 N–H and O–H groups in total. The Morgan fingerprint density at radius 1 is 0.789 bits per heavy atom. The Morgan fingerprint density at radius 3 is 1.87 bits per heavy atom. The lowest BCUT2D eigenvalue weighted by atomic mass is 9.65. The molecule has 0 unspecified atom stereocenters. The van der Waals surface area contributed by atoms with Crippen LogP contribution >= 0.6 is 0 Å². The number of esters is 2. The zero-order chi connectivity index (χ0) is 26.9. The maximum absolute atomic E-state index is 12.3. The van der Waals surface area contributed by atoms with Crippen molar-refractivity contribution in [1.82, 2.24) is 0 Å². The summed E-state index contributed by atoms with van der Waals surface area (Å²) < 4.78 is 10.8. The standard InChI is InChI=1S/C32H48N2O4/c1-2-3-22-4-6-23(7-5-22)24-8-10-25(11-9-24)26-13-16-29(17-14-26)38-32(36)19-18-31(35)37-21-27-12-15-28(33)20-30(27)34/h12,15,18-20,22-26,29H,2-11,13-14,16-17,21,33-34H2,1H3. The topological polar surface area (TPSA) is 105 Å². The van der Waals surface area contributed by atoms with E-state index in [2.05, 4.69) is 6.92 Å². The Labute approximate surface area is 228 Å². The van der Waals surface area contributed by atoms with Gasteiger partial charge in [-0.25, -0.2) is 9.59 Å². The largest absolute Gasteiger partial charge is 0.459 e. The number of nitrogens with two attached hydrogens (primary N) is 2. The first-order chi connectivity index (χ1) is 18.4. The van der Waals surface area contributed by atoms with Crippen molar-refractivity contribution < 1.29 is 19.1 Å². The highest BCUT2D eigenvalue weighted by atomic mass is 16.5. The summed E-state index contributed by atoms with van der Waals surface area (Å²) in [6.45, 7) is 2.35. The van der Waals surface area contributed by atoms with Gasteiger partial charge in [-0.3, -0.25) is 0 Å². The van der Waals surface area contributed by atoms with Crippen LogP contribution in [0.2, 0.25) is 0 Å². The summed E-state index contributed by atoms with van der Waals surface area (Å²) in [5.41, 5.74) is 13.2. The summed E-state index contributed by atoms with van der Waals surface area (Å²) in [4.78, 5) is 24.2. The molecule has 3 fully saturated rings. The summed E-state index contributed by atoms with van der Waals surface area (Å²) in [5.74, 6) is 3.50. The second-order valence-electron chi connectivity index (χ2n) is 12.1. The van der Waals surface area contributed by atoms with Crippen LogP contribution in [0.4, 0.5) is 11.4 Å². The molecule has 0 amide bonds. The van der Waals surface area contributed by atoms with Crippen molar-refractivity contribution in [3.8, 4) is 0 Å². The highest BCUT2D eigenvalue weighted by molar-refractivity contribution is 5.91. The fourth-order valence-corrected chi connectivity index (χ4v) is 7.40. The summed E-state index contributed by atoms with van der Waals surface area (Å²) in [6, 6.07) is 5.04. The van der Waals surface area contributed by atoms with Crippen molar-refractivity contribution in [2.24, 2.45) is 29.6 Å². The van der Waals surface area contributed by atoms with Crippen molar-refractivity contribution >= 4 is 23.3 Å². The first kappa shape index (κ1) is 28.5. The quantitative estimate of drug-likeness (QED) is 0.205. The number of carbonyl (C=O) groups is 2. The van der Waals surface area contributed by atoms with Gasteiger partial charge in [0.1, 0.15) is 12.7 Å². The van der Waals surface area contributed by atoms with Crippen molar-refractivity contribution in [1.29, 1.82) is 0 Å². The van der Waals surface area contributed by atoms with E-state index in [4.69, 9.17) is 20.9 Å². The lowest BCUT2D eigenvalue weighted by molar-refractivity contribution is -0.146. The molecule has 1 aromatic rings. The van der Waals surface area contributed by atoms with E-state index in [1.807, 2.05) is 0 Å². The van der Waals surface area contributed by atoms with Crippen LogP contribution in [0, 0.1) is 29.6 Å². The molecule has 4 rings (SSSR count). The number of benzene rings is 1. The van der Waals surface area contributed by atoms with Crippen molar-refractivity contribution in [3.05, 3.63) is 35.9 Å². The van der Waals surface area contributed by atoms with Gasteiger partial charge in [0.25, 0.3) is 0 Å².